The molecule has 1 aromatic carbocycles. The summed E-state index contributed by atoms with van der Waals surface area (Å²) in [5.74, 6) is 0. The second-order valence-corrected chi connectivity index (χ2v) is 5.75. The lowest BCUT2D eigenvalue weighted by Crippen LogP contribution is -2.13. The molecule has 0 fully saturated rings. The minimum absolute atomic E-state index is 0.0406. The van der Waals surface area contributed by atoms with E-state index in [4.69, 9.17) is 16.2 Å². The maximum atomic E-state index is 11.4. The van der Waals surface area contributed by atoms with Crippen LogP contribution in [-0.2, 0) is 10.0 Å². The molecule has 8 heteroatoms. The number of sulfonamides is 1. The van der Waals surface area contributed by atoms with Gasteiger partial charge in [0.05, 0.1) is 4.90 Å². The summed E-state index contributed by atoms with van der Waals surface area (Å²) >= 11 is 6.47. The molecule has 86 valence electrons. The minimum atomic E-state index is -3.67. The lowest BCUT2D eigenvalue weighted by atomic mass is 10.3. The van der Waals surface area contributed by atoms with Gasteiger partial charge >= 0.3 is 0 Å². The molecule has 0 atom stereocenters. The van der Waals surface area contributed by atoms with Gasteiger partial charge in [0.1, 0.15) is 5.52 Å². The van der Waals surface area contributed by atoms with Crippen LogP contribution < -0.4 is 4.24 Å². The van der Waals surface area contributed by atoms with E-state index >= 15 is 0 Å². The molecule has 1 N–H and O–H groups in total. The highest BCUT2D eigenvalue weighted by atomic mass is 35.5. The molecular weight excluding hydrogens is 272 g/mol. The number of hydrogen-bond acceptors (Lipinski definition) is 5. The summed E-state index contributed by atoms with van der Waals surface area (Å²) in [7, 11) is -3.67. The van der Waals surface area contributed by atoms with Crippen molar-refractivity contribution in [2.24, 2.45) is 0 Å². The van der Waals surface area contributed by atoms with Gasteiger partial charge in [0, 0.05) is 6.07 Å². The van der Waals surface area contributed by atoms with Crippen molar-refractivity contribution in [3.63, 3.8) is 0 Å². The zero-order valence-corrected chi connectivity index (χ0v) is 10.5. The third kappa shape index (κ3) is 2.03. The average molecular weight is 279 g/mol. The van der Waals surface area contributed by atoms with Crippen LogP contribution in [0.25, 0.3) is 11.1 Å². The number of hydrogen-bond donors (Lipinski definition) is 1. The maximum absolute atomic E-state index is 11.4. The number of benzene rings is 1. The Bertz CT molecular complexity index is 623. The molecule has 0 radical (unpaired) electrons. The number of nitrogens with zero attached hydrogens (tertiary/aromatic N) is 1. The van der Waals surface area contributed by atoms with Crippen molar-refractivity contribution in [1.29, 1.82) is 0 Å². The van der Waals surface area contributed by atoms with E-state index in [9.17, 15) is 8.42 Å². The highest BCUT2D eigenvalue weighted by Gasteiger charge is 2.15. The van der Waals surface area contributed by atoms with Crippen LogP contribution in [0.15, 0.2) is 32.7 Å². The molecule has 0 aliphatic carbocycles. The predicted octanol–water partition coefficient (Wildman–Crippen LogP) is 1.98. The summed E-state index contributed by atoms with van der Waals surface area (Å²) in [4.78, 5) is 4.17. The van der Waals surface area contributed by atoms with Crippen molar-refractivity contribution in [2.75, 3.05) is 6.26 Å². The normalized spacial score (nSPS) is 12.1. The first-order valence-corrected chi connectivity index (χ1v) is 7.22. The largest absolute Gasteiger partial charge is 0.431 e. The molecule has 0 amide bonds. The van der Waals surface area contributed by atoms with Gasteiger partial charge in [-0.15, -0.1) is 4.24 Å². The molecule has 0 bridgehead atoms. The minimum Gasteiger partial charge on any atom is -0.431 e. The van der Waals surface area contributed by atoms with Gasteiger partial charge in [-0.1, -0.05) is 11.8 Å². The van der Waals surface area contributed by atoms with Crippen molar-refractivity contribution < 1.29 is 12.8 Å². The number of rotatable bonds is 3. The fourth-order valence-electron chi connectivity index (χ4n) is 1.18. The molecule has 5 nitrogen and oxygen atoms in total. The number of fused-ring (bicyclic) bond motifs is 1. The lowest BCUT2D eigenvalue weighted by Gasteiger charge is -1.98. The van der Waals surface area contributed by atoms with Crippen molar-refractivity contribution in [1.82, 2.24) is 9.23 Å². The maximum Gasteiger partial charge on any atom is 0.256 e. The Morgan fingerprint density at radius 2 is 2.25 bits per heavy atom. The van der Waals surface area contributed by atoms with Gasteiger partial charge in [-0.3, -0.25) is 0 Å². The Morgan fingerprint density at radius 1 is 1.50 bits per heavy atom. The zero-order chi connectivity index (χ0) is 11.8. The van der Waals surface area contributed by atoms with E-state index in [1.165, 1.54) is 23.9 Å². The van der Waals surface area contributed by atoms with Gasteiger partial charge in [0.25, 0.3) is 15.2 Å². The Balaban J connectivity index is 2.60. The van der Waals surface area contributed by atoms with Crippen molar-refractivity contribution >= 4 is 44.7 Å². The van der Waals surface area contributed by atoms with Crippen molar-refractivity contribution in [2.45, 2.75) is 10.1 Å². The standard InChI is InChI=1S/C8H7ClN2O3S2/c1-15-8-10-6-3-2-5(4-7(6)14-8)16(12,13)11-9/h2-4,11H,1H3. The molecular formula is C8H7ClN2O3S2. The van der Waals surface area contributed by atoms with E-state index in [-0.39, 0.29) is 4.90 Å². The first-order valence-electron chi connectivity index (χ1n) is 4.14. The molecule has 0 aliphatic heterocycles. The molecule has 0 spiro atoms. The third-order valence-electron chi connectivity index (χ3n) is 1.93. The fourth-order valence-corrected chi connectivity index (χ4v) is 2.41. The first kappa shape index (κ1) is 11.7. The molecule has 0 saturated heterocycles. The highest BCUT2D eigenvalue weighted by Crippen LogP contribution is 2.24. The number of thioether (sulfide) groups is 1. The molecule has 1 aromatic heterocycles. The Labute approximate surface area is 101 Å². The molecule has 0 saturated carbocycles. The highest BCUT2D eigenvalue weighted by molar-refractivity contribution is 7.98. The van der Waals surface area contributed by atoms with Crippen LogP contribution in [0, 0.1) is 0 Å². The Kier molecular flexibility index (Phi) is 3.11. The smallest absolute Gasteiger partial charge is 0.256 e. The summed E-state index contributed by atoms with van der Waals surface area (Å²) < 4.78 is 29.9. The van der Waals surface area contributed by atoms with Gasteiger partial charge < -0.3 is 4.42 Å². The van der Waals surface area contributed by atoms with Crippen LogP contribution in [0.5, 0.6) is 0 Å². The average Bonchev–Trinajstić information content (AvgIpc) is 2.70. The summed E-state index contributed by atoms with van der Waals surface area (Å²) in [6, 6.07) is 4.37. The van der Waals surface area contributed by atoms with Gasteiger partial charge in [0.15, 0.2) is 5.58 Å². The Hall–Kier alpha value is -0.760. The van der Waals surface area contributed by atoms with Crippen molar-refractivity contribution in [3.05, 3.63) is 18.2 Å². The second-order valence-electron chi connectivity index (χ2n) is 2.89. The van der Waals surface area contributed by atoms with E-state index in [1.54, 1.807) is 10.3 Å². The third-order valence-corrected chi connectivity index (χ3v) is 4.14. The summed E-state index contributed by atoms with van der Waals surface area (Å²) in [6.45, 7) is 0. The van der Waals surface area contributed by atoms with E-state index in [2.05, 4.69) is 4.98 Å². The molecule has 2 aromatic rings. The van der Waals surface area contributed by atoms with Crippen LogP contribution in [0.4, 0.5) is 0 Å². The molecule has 1 heterocycles. The van der Waals surface area contributed by atoms with E-state index in [1.807, 2.05) is 6.26 Å². The monoisotopic (exact) mass is 278 g/mol. The number of halogens is 1. The van der Waals surface area contributed by atoms with E-state index < -0.39 is 10.0 Å². The summed E-state index contributed by atoms with van der Waals surface area (Å²) in [6.07, 6.45) is 1.82. The zero-order valence-electron chi connectivity index (χ0n) is 8.10. The first-order chi connectivity index (χ1) is 7.56. The van der Waals surface area contributed by atoms with Gasteiger partial charge in [-0.25, -0.2) is 13.4 Å². The van der Waals surface area contributed by atoms with Gasteiger partial charge in [-0.05, 0) is 30.2 Å². The second kappa shape index (κ2) is 4.25. The lowest BCUT2D eigenvalue weighted by molar-refractivity contribution is 0.489. The van der Waals surface area contributed by atoms with Gasteiger partial charge in [0.2, 0.25) is 0 Å². The van der Waals surface area contributed by atoms with Crippen LogP contribution in [-0.4, -0.2) is 19.7 Å². The molecule has 0 unspecified atom stereocenters. The number of nitrogens with one attached hydrogen (secondary N) is 1. The Morgan fingerprint density at radius 3 is 2.88 bits per heavy atom. The van der Waals surface area contributed by atoms with Crippen LogP contribution >= 0.6 is 23.5 Å². The molecule has 2 rings (SSSR count). The van der Waals surface area contributed by atoms with Gasteiger partial charge in [-0.2, -0.15) is 0 Å². The SMILES string of the molecule is CSc1nc2ccc(S(=O)(=O)NCl)cc2o1. The van der Waals surface area contributed by atoms with Crippen LogP contribution in [0.2, 0.25) is 0 Å². The fraction of sp³-hybridized carbons (Fsp3) is 0.125. The number of aromatic nitrogens is 1. The van der Waals surface area contributed by atoms with Crippen LogP contribution in [0.3, 0.4) is 0 Å². The van der Waals surface area contributed by atoms with Crippen LogP contribution in [0.1, 0.15) is 0 Å². The summed E-state index contributed by atoms with van der Waals surface area (Å²) in [5, 5.41) is 0.489. The van der Waals surface area contributed by atoms with Crippen molar-refractivity contribution in [3.8, 4) is 0 Å². The quantitative estimate of drug-likeness (QED) is 0.686. The molecule has 0 aliphatic rings. The topological polar surface area (TPSA) is 72.2 Å². The molecule has 16 heavy (non-hydrogen) atoms. The number of oxazole rings is 1. The van der Waals surface area contributed by atoms with E-state index in [0.29, 0.717) is 16.3 Å². The summed E-state index contributed by atoms with van der Waals surface area (Å²) in [5.41, 5.74) is 1.02. The predicted molar refractivity (Wildman–Crippen MR) is 62.0 cm³/mol. The van der Waals surface area contributed by atoms with E-state index in [0.717, 1.165) is 0 Å².